The molecule has 0 aromatic heterocycles. The summed E-state index contributed by atoms with van der Waals surface area (Å²) in [6, 6.07) is 4.16. The first-order valence-corrected chi connectivity index (χ1v) is 6.35. The van der Waals surface area contributed by atoms with E-state index in [1.807, 2.05) is 6.92 Å². The lowest BCUT2D eigenvalue weighted by molar-refractivity contribution is -0.132. The van der Waals surface area contributed by atoms with Crippen molar-refractivity contribution in [3.05, 3.63) is 34.6 Å². The molecule has 0 saturated carbocycles. The van der Waals surface area contributed by atoms with Gasteiger partial charge in [0.2, 0.25) is 11.8 Å². The van der Waals surface area contributed by atoms with Gasteiger partial charge in [0.25, 0.3) is 0 Å². The van der Waals surface area contributed by atoms with Crippen LogP contribution in [0.4, 0.5) is 4.39 Å². The molecule has 1 aromatic rings. The molecule has 1 fully saturated rings. The van der Waals surface area contributed by atoms with E-state index < -0.39 is 5.82 Å². The highest BCUT2D eigenvalue weighted by molar-refractivity contribution is 6.30. The van der Waals surface area contributed by atoms with Gasteiger partial charge in [0.1, 0.15) is 5.82 Å². The first kappa shape index (κ1) is 13.8. The maximum atomic E-state index is 13.1. The Morgan fingerprint density at radius 2 is 2.21 bits per heavy atom. The highest BCUT2D eigenvalue weighted by Crippen LogP contribution is 2.19. The number of rotatable bonds is 2. The molecule has 0 aliphatic carbocycles. The van der Waals surface area contributed by atoms with Crippen molar-refractivity contribution < 1.29 is 14.0 Å². The molecule has 1 atom stereocenters. The second-order valence-electron chi connectivity index (χ2n) is 4.60. The Hall–Kier alpha value is -1.62. The Morgan fingerprint density at radius 1 is 1.47 bits per heavy atom. The van der Waals surface area contributed by atoms with Gasteiger partial charge < -0.3 is 10.2 Å². The molecule has 1 saturated heterocycles. The van der Waals surface area contributed by atoms with Crippen LogP contribution in [-0.2, 0) is 16.1 Å². The molecule has 0 bridgehead atoms. The number of amides is 2. The van der Waals surface area contributed by atoms with Crippen molar-refractivity contribution >= 4 is 23.4 Å². The Bertz CT molecular complexity index is 521. The van der Waals surface area contributed by atoms with Crippen LogP contribution in [0.3, 0.4) is 0 Å². The average Bonchev–Trinajstić information content (AvgIpc) is 2.47. The van der Waals surface area contributed by atoms with Crippen molar-refractivity contribution in [3.8, 4) is 0 Å². The van der Waals surface area contributed by atoms with Crippen LogP contribution in [0.15, 0.2) is 18.2 Å². The van der Waals surface area contributed by atoms with E-state index in [1.54, 1.807) is 11.0 Å². The molecule has 102 valence electrons. The first-order valence-electron chi connectivity index (χ1n) is 5.97. The van der Waals surface area contributed by atoms with E-state index in [2.05, 4.69) is 5.32 Å². The van der Waals surface area contributed by atoms with Crippen molar-refractivity contribution in [2.24, 2.45) is 0 Å². The van der Waals surface area contributed by atoms with E-state index in [-0.39, 0.29) is 35.8 Å². The number of hydrogen-bond donors (Lipinski definition) is 1. The summed E-state index contributed by atoms with van der Waals surface area (Å²) in [6.07, 6.45) is 0.265. The maximum Gasteiger partial charge on any atom is 0.242 e. The minimum Gasteiger partial charge on any atom is -0.347 e. The van der Waals surface area contributed by atoms with Gasteiger partial charge in [-0.2, -0.15) is 0 Å². The van der Waals surface area contributed by atoms with Gasteiger partial charge in [-0.25, -0.2) is 4.39 Å². The maximum absolute atomic E-state index is 13.1. The summed E-state index contributed by atoms with van der Waals surface area (Å²) in [5.41, 5.74) is 0.737. The topological polar surface area (TPSA) is 49.4 Å². The van der Waals surface area contributed by atoms with E-state index in [9.17, 15) is 14.0 Å². The van der Waals surface area contributed by atoms with Crippen LogP contribution in [0, 0.1) is 5.82 Å². The third kappa shape index (κ3) is 3.23. The molecule has 2 rings (SSSR count). The molecule has 1 N–H and O–H groups in total. The van der Waals surface area contributed by atoms with Gasteiger partial charge in [0, 0.05) is 19.0 Å². The number of hydrogen-bond acceptors (Lipinski definition) is 2. The molecule has 1 unspecified atom stereocenters. The second kappa shape index (κ2) is 5.57. The predicted molar refractivity (Wildman–Crippen MR) is 69.0 cm³/mol. The summed E-state index contributed by atoms with van der Waals surface area (Å²) in [5.74, 6) is -0.781. The van der Waals surface area contributed by atoms with E-state index in [1.165, 1.54) is 12.1 Å². The minimum absolute atomic E-state index is 0.00188. The summed E-state index contributed by atoms with van der Waals surface area (Å²) >= 11 is 5.71. The van der Waals surface area contributed by atoms with Gasteiger partial charge in [-0.1, -0.05) is 17.7 Å². The number of carbonyl (C=O) groups excluding carboxylic acids is 2. The summed E-state index contributed by atoms with van der Waals surface area (Å²) in [4.78, 5) is 24.9. The number of halogens is 2. The molecular weight excluding hydrogens is 271 g/mol. The fourth-order valence-electron chi connectivity index (χ4n) is 2.05. The molecule has 19 heavy (non-hydrogen) atoms. The largest absolute Gasteiger partial charge is 0.347 e. The fraction of sp³-hybridized carbons (Fsp3) is 0.385. The van der Waals surface area contributed by atoms with Crippen LogP contribution in [-0.4, -0.2) is 29.3 Å². The number of benzene rings is 1. The lowest BCUT2D eigenvalue weighted by Crippen LogP contribution is -2.39. The Balaban J connectivity index is 2.17. The van der Waals surface area contributed by atoms with Gasteiger partial charge in [-0.05, 0) is 24.6 Å². The van der Waals surface area contributed by atoms with Crippen molar-refractivity contribution in [3.63, 3.8) is 0 Å². The molecule has 1 aromatic carbocycles. The fourth-order valence-corrected chi connectivity index (χ4v) is 2.25. The van der Waals surface area contributed by atoms with Gasteiger partial charge >= 0.3 is 0 Å². The zero-order valence-electron chi connectivity index (χ0n) is 10.5. The zero-order chi connectivity index (χ0) is 14.0. The number of nitrogens with zero attached hydrogens (tertiary/aromatic N) is 1. The SMILES string of the molecule is CC1CC(=O)NCC(=O)N1Cc1ccc(F)c(Cl)c1. The van der Waals surface area contributed by atoms with E-state index in [0.29, 0.717) is 6.54 Å². The quantitative estimate of drug-likeness (QED) is 0.899. The van der Waals surface area contributed by atoms with E-state index >= 15 is 0 Å². The normalized spacial score (nSPS) is 20.2. The van der Waals surface area contributed by atoms with Crippen LogP contribution in [0.1, 0.15) is 18.9 Å². The molecule has 0 radical (unpaired) electrons. The van der Waals surface area contributed by atoms with Crippen LogP contribution in [0.25, 0.3) is 0 Å². The van der Waals surface area contributed by atoms with Crippen LogP contribution < -0.4 is 5.32 Å². The summed E-state index contributed by atoms with van der Waals surface area (Å²) in [7, 11) is 0. The van der Waals surface area contributed by atoms with Gasteiger partial charge in [-0.3, -0.25) is 9.59 Å². The first-order chi connectivity index (χ1) is 8.97. The Labute approximate surface area is 115 Å². The summed E-state index contributed by atoms with van der Waals surface area (Å²) in [6.45, 7) is 2.13. The lowest BCUT2D eigenvalue weighted by Gasteiger charge is -2.26. The van der Waals surface area contributed by atoms with E-state index in [0.717, 1.165) is 5.56 Å². The molecule has 6 heteroatoms. The molecular formula is C13H14ClFN2O2. The molecule has 1 heterocycles. The minimum atomic E-state index is -0.488. The molecule has 1 aliphatic rings. The Morgan fingerprint density at radius 3 is 2.89 bits per heavy atom. The van der Waals surface area contributed by atoms with Gasteiger partial charge in [-0.15, -0.1) is 0 Å². The van der Waals surface area contributed by atoms with Crippen molar-refractivity contribution in [2.45, 2.75) is 25.9 Å². The van der Waals surface area contributed by atoms with Crippen molar-refractivity contribution in [1.29, 1.82) is 0 Å². The predicted octanol–water partition coefficient (Wildman–Crippen LogP) is 1.72. The zero-order valence-corrected chi connectivity index (χ0v) is 11.2. The van der Waals surface area contributed by atoms with Crippen molar-refractivity contribution in [1.82, 2.24) is 10.2 Å². The van der Waals surface area contributed by atoms with E-state index in [4.69, 9.17) is 11.6 Å². The van der Waals surface area contributed by atoms with Gasteiger partial charge in [0.05, 0.1) is 11.6 Å². The Kier molecular flexibility index (Phi) is 4.04. The highest BCUT2D eigenvalue weighted by Gasteiger charge is 2.26. The van der Waals surface area contributed by atoms with Gasteiger partial charge in [0.15, 0.2) is 0 Å². The third-order valence-electron chi connectivity index (χ3n) is 3.11. The molecule has 2 amide bonds. The van der Waals surface area contributed by atoms with Crippen molar-refractivity contribution in [2.75, 3.05) is 6.54 Å². The second-order valence-corrected chi connectivity index (χ2v) is 5.01. The molecule has 1 aliphatic heterocycles. The third-order valence-corrected chi connectivity index (χ3v) is 3.40. The number of carbonyl (C=O) groups is 2. The monoisotopic (exact) mass is 284 g/mol. The molecule has 4 nitrogen and oxygen atoms in total. The number of nitrogens with one attached hydrogen (secondary N) is 1. The standard InChI is InChI=1S/C13H14ClFN2O2/c1-8-4-12(18)16-6-13(19)17(8)7-9-2-3-11(15)10(14)5-9/h2-3,5,8H,4,6-7H2,1H3,(H,16,18). The summed E-state index contributed by atoms with van der Waals surface area (Å²) in [5, 5.41) is 2.57. The lowest BCUT2D eigenvalue weighted by atomic mass is 10.1. The molecule has 0 spiro atoms. The summed E-state index contributed by atoms with van der Waals surface area (Å²) < 4.78 is 13.1. The van der Waals surface area contributed by atoms with Crippen LogP contribution >= 0.6 is 11.6 Å². The van der Waals surface area contributed by atoms with Crippen LogP contribution in [0.2, 0.25) is 5.02 Å². The highest BCUT2D eigenvalue weighted by atomic mass is 35.5. The average molecular weight is 285 g/mol. The van der Waals surface area contributed by atoms with Crippen LogP contribution in [0.5, 0.6) is 0 Å². The smallest absolute Gasteiger partial charge is 0.242 e.